The number of esters is 1. The molecule has 134 valence electrons. The number of hydrogen-bond donors (Lipinski definition) is 1. The quantitative estimate of drug-likeness (QED) is 0.491. The third-order valence-corrected chi connectivity index (χ3v) is 3.72. The first-order valence-electron chi connectivity index (χ1n) is 8.13. The SMILES string of the molecule is CCOC(=O)c1cccc(-n2c(C)cc(/C=N\NC(=O)CC#N)c2C)c1. The van der Waals surface area contributed by atoms with Gasteiger partial charge >= 0.3 is 5.97 Å². The Morgan fingerprint density at radius 2 is 2.12 bits per heavy atom. The third-order valence-electron chi connectivity index (χ3n) is 3.72. The summed E-state index contributed by atoms with van der Waals surface area (Å²) >= 11 is 0. The van der Waals surface area contributed by atoms with E-state index < -0.39 is 5.91 Å². The van der Waals surface area contributed by atoms with Crippen molar-refractivity contribution in [1.82, 2.24) is 9.99 Å². The van der Waals surface area contributed by atoms with E-state index >= 15 is 0 Å². The van der Waals surface area contributed by atoms with Gasteiger partial charge in [-0.05, 0) is 45.0 Å². The average Bonchev–Trinajstić information content (AvgIpc) is 2.89. The summed E-state index contributed by atoms with van der Waals surface area (Å²) in [4.78, 5) is 23.2. The fourth-order valence-corrected chi connectivity index (χ4v) is 2.59. The highest BCUT2D eigenvalue weighted by molar-refractivity contribution is 5.90. The van der Waals surface area contributed by atoms with Crippen molar-refractivity contribution in [3.63, 3.8) is 0 Å². The molecule has 26 heavy (non-hydrogen) atoms. The van der Waals surface area contributed by atoms with E-state index in [-0.39, 0.29) is 12.4 Å². The number of amides is 1. The molecule has 2 aromatic rings. The number of hydrazone groups is 1. The zero-order valence-electron chi connectivity index (χ0n) is 14.9. The summed E-state index contributed by atoms with van der Waals surface area (Å²) in [5, 5.41) is 12.3. The lowest BCUT2D eigenvalue weighted by Gasteiger charge is -2.11. The molecule has 0 saturated carbocycles. The van der Waals surface area contributed by atoms with Crippen molar-refractivity contribution in [2.24, 2.45) is 5.10 Å². The van der Waals surface area contributed by atoms with Gasteiger partial charge < -0.3 is 9.30 Å². The van der Waals surface area contributed by atoms with Gasteiger partial charge in [0.25, 0.3) is 5.91 Å². The molecule has 0 unspecified atom stereocenters. The number of ether oxygens (including phenoxy) is 1. The number of carbonyl (C=O) groups is 2. The van der Waals surface area contributed by atoms with Gasteiger partial charge in [-0.1, -0.05) is 6.07 Å². The van der Waals surface area contributed by atoms with Crippen LogP contribution in [0.5, 0.6) is 0 Å². The maximum absolute atomic E-state index is 11.9. The van der Waals surface area contributed by atoms with Crippen LogP contribution in [0.3, 0.4) is 0 Å². The van der Waals surface area contributed by atoms with Gasteiger partial charge in [0.2, 0.25) is 0 Å². The second-order valence-corrected chi connectivity index (χ2v) is 5.56. The highest BCUT2D eigenvalue weighted by Crippen LogP contribution is 2.21. The molecular formula is C19H20N4O3. The van der Waals surface area contributed by atoms with Gasteiger partial charge in [-0.25, -0.2) is 10.2 Å². The van der Waals surface area contributed by atoms with Gasteiger partial charge in [0.05, 0.1) is 24.5 Å². The van der Waals surface area contributed by atoms with Crippen LogP contribution in [-0.4, -0.2) is 29.3 Å². The Morgan fingerprint density at radius 1 is 1.35 bits per heavy atom. The van der Waals surface area contributed by atoms with Crippen LogP contribution in [0.25, 0.3) is 5.69 Å². The number of nitrogens with one attached hydrogen (secondary N) is 1. The Hall–Kier alpha value is -3.40. The summed E-state index contributed by atoms with van der Waals surface area (Å²) in [5.41, 5.74) is 6.30. The normalized spacial score (nSPS) is 10.5. The first-order valence-corrected chi connectivity index (χ1v) is 8.13. The minimum absolute atomic E-state index is 0.239. The zero-order valence-corrected chi connectivity index (χ0v) is 14.9. The van der Waals surface area contributed by atoms with Gasteiger partial charge in [-0.2, -0.15) is 10.4 Å². The Morgan fingerprint density at radius 3 is 2.81 bits per heavy atom. The van der Waals surface area contributed by atoms with Crippen LogP contribution < -0.4 is 5.43 Å². The summed E-state index contributed by atoms with van der Waals surface area (Å²) in [6.45, 7) is 5.95. The van der Waals surface area contributed by atoms with E-state index in [0.29, 0.717) is 12.2 Å². The molecule has 0 aliphatic rings. The van der Waals surface area contributed by atoms with Gasteiger partial charge in [0.15, 0.2) is 0 Å². The van der Waals surface area contributed by atoms with Crippen LogP contribution in [0, 0.1) is 25.2 Å². The number of hydrogen-bond acceptors (Lipinski definition) is 5. The van der Waals surface area contributed by atoms with Gasteiger partial charge in [-0.15, -0.1) is 0 Å². The Kier molecular flexibility index (Phi) is 6.28. The molecule has 7 nitrogen and oxygen atoms in total. The molecule has 1 aromatic heterocycles. The molecule has 0 spiro atoms. The Labute approximate surface area is 151 Å². The molecule has 1 aromatic carbocycles. The Balaban J connectivity index is 2.29. The minimum Gasteiger partial charge on any atom is -0.462 e. The Bertz CT molecular complexity index is 891. The first-order chi connectivity index (χ1) is 12.5. The minimum atomic E-state index is -0.459. The number of rotatable bonds is 6. The summed E-state index contributed by atoms with van der Waals surface area (Å²) in [6, 6.07) is 10.9. The standard InChI is InChI=1S/C19H20N4O3/c1-4-26-19(25)15-6-5-7-17(11-15)23-13(2)10-16(14(23)3)12-21-22-18(24)8-9-20/h5-7,10-12H,4,8H2,1-3H3,(H,22,24)/b21-12-. The van der Waals surface area contributed by atoms with Gasteiger partial charge in [0.1, 0.15) is 6.42 Å². The van der Waals surface area contributed by atoms with Crippen LogP contribution >= 0.6 is 0 Å². The molecule has 0 saturated heterocycles. The summed E-state index contributed by atoms with van der Waals surface area (Å²) < 4.78 is 7.03. The van der Waals surface area contributed by atoms with Crippen molar-refractivity contribution in [2.45, 2.75) is 27.2 Å². The van der Waals surface area contributed by atoms with E-state index in [0.717, 1.165) is 22.6 Å². The van der Waals surface area contributed by atoms with E-state index in [4.69, 9.17) is 10.00 Å². The maximum Gasteiger partial charge on any atom is 0.338 e. The number of carbonyl (C=O) groups excluding carboxylic acids is 2. The monoisotopic (exact) mass is 352 g/mol. The zero-order chi connectivity index (χ0) is 19.1. The topological polar surface area (TPSA) is 96.5 Å². The maximum atomic E-state index is 11.9. The molecule has 0 atom stereocenters. The fourth-order valence-electron chi connectivity index (χ4n) is 2.59. The molecule has 1 N–H and O–H groups in total. The predicted octanol–water partition coefficient (Wildman–Crippen LogP) is 2.63. The van der Waals surface area contributed by atoms with E-state index in [9.17, 15) is 9.59 Å². The van der Waals surface area contributed by atoms with Crippen molar-refractivity contribution in [3.8, 4) is 11.8 Å². The van der Waals surface area contributed by atoms with Crippen molar-refractivity contribution < 1.29 is 14.3 Å². The average molecular weight is 352 g/mol. The van der Waals surface area contributed by atoms with Crippen LogP contribution in [0.1, 0.15) is 40.7 Å². The molecular weight excluding hydrogens is 332 g/mol. The highest BCUT2D eigenvalue weighted by Gasteiger charge is 2.12. The highest BCUT2D eigenvalue weighted by atomic mass is 16.5. The lowest BCUT2D eigenvalue weighted by molar-refractivity contribution is -0.120. The van der Waals surface area contributed by atoms with Crippen LogP contribution in [0.4, 0.5) is 0 Å². The molecule has 1 amide bonds. The number of nitriles is 1. The second-order valence-electron chi connectivity index (χ2n) is 5.56. The molecule has 0 bridgehead atoms. The molecule has 0 fully saturated rings. The van der Waals surface area contributed by atoms with E-state index in [1.165, 1.54) is 6.21 Å². The number of aromatic nitrogens is 1. The van der Waals surface area contributed by atoms with Crippen LogP contribution in [0.15, 0.2) is 35.4 Å². The van der Waals surface area contributed by atoms with E-state index in [2.05, 4.69) is 10.5 Å². The molecule has 0 radical (unpaired) electrons. The largest absolute Gasteiger partial charge is 0.462 e. The van der Waals surface area contributed by atoms with Crippen LogP contribution in [-0.2, 0) is 9.53 Å². The van der Waals surface area contributed by atoms with Crippen molar-refractivity contribution >= 4 is 18.1 Å². The lowest BCUT2D eigenvalue weighted by atomic mass is 10.2. The molecule has 1 heterocycles. The van der Waals surface area contributed by atoms with Crippen molar-refractivity contribution in [2.75, 3.05) is 6.61 Å². The third kappa shape index (κ3) is 4.36. The summed E-state index contributed by atoms with van der Waals surface area (Å²) in [6.07, 6.45) is 1.29. The summed E-state index contributed by atoms with van der Waals surface area (Å²) in [7, 11) is 0. The number of nitrogens with zero attached hydrogens (tertiary/aromatic N) is 3. The molecule has 0 aliphatic heterocycles. The van der Waals surface area contributed by atoms with Crippen LogP contribution in [0.2, 0.25) is 0 Å². The fraction of sp³-hybridized carbons (Fsp3) is 0.263. The molecule has 2 rings (SSSR count). The van der Waals surface area contributed by atoms with Gasteiger partial charge in [-0.3, -0.25) is 4.79 Å². The molecule has 7 heteroatoms. The lowest BCUT2D eigenvalue weighted by Crippen LogP contribution is -2.16. The molecule has 0 aliphatic carbocycles. The van der Waals surface area contributed by atoms with E-state index in [1.807, 2.05) is 30.5 Å². The predicted molar refractivity (Wildman–Crippen MR) is 97.2 cm³/mol. The number of aryl methyl sites for hydroxylation is 1. The first kappa shape index (κ1) is 18.9. The van der Waals surface area contributed by atoms with E-state index in [1.54, 1.807) is 31.2 Å². The number of benzene rings is 1. The van der Waals surface area contributed by atoms with Crippen molar-refractivity contribution in [3.05, 3.63) is 52.8 Å². The van der Waals surface area contributed by atoms with Gasteiger partial charge in [0, 0.05) is 22.6 Å². The van der Waals surface area contributed by atoms with Crippen molar-refractivity contribution in [1.29, 1.82) is 5.26 Å². The second kappa shape index (κ2) is 8.62. The summed E-state index contributed by atoms with van der Waals surface area (Å²) in [5.74, 6) is -0.821. The smallest absolute Gasteiger partial charge is 0.338 e.